The van der Waals surface area contributed by atoms with Crippen LogP contribution in [0.5, 0.6) is 0 Å². The van der Waals surface area contributed by atoms with Gasteiger partial charge in [-0.1, -0.05) is 30.3 Å². The fourth-order valence-electron chi connectivity index (χ4n) is 2.53. The zero-order valence-corrected chi connectivity index (χ0v) is 11.5. The molecule has 20 heavy (non-hydrogen) atoms. The largest absolute Gasteiger partial charge is 0.481 e. The number of benzene rings is 1. The van der Waals surface area contributed by atoms with Crippen LogP contribution in [0.1, 0.15) is 25.3 Å². The number of rotatable bonds is 3. The van der Waals surface area contributed by atoms with Gasteiger partial charge in [-0.2, -0.15) is 0 Å². The highest BCUT2D eigenvalue weighted by Gasteiger charge is 2.36. The van der Waals surface area contributed by atoms with Gasteiger partial charge >= 0.3 is 12.1 Å². The number of carbonyl (C=O) groups is 2. The number of carboxylic acids is 1. The Labute approximate surface area is 118 Å². The summed E-state index contributed by atoms with van der Waals surface area (Å²) in [4.78, 5) is 24.7. The summed E-state index contributed by atoms with van der Waals surface area (Å²) in [6, 6.07) is 9.10. The molecule has 0 aliphatic carbocycles. The number of hydrogen-bond acceptors (Lipinski definition) is 3. The predicted octanol–water partition coefficient (Wildman–Crippen LogP) is 2.51. The third kappa shape index (κ3) is 3.29. The number of carboxylic acid groups (broad SMARTS) is 1. The molecule has 108 valence electrons. The summed E-state index contributed by atoms with van der Waals surface area (Å²) in [6.07, 6.45) is 0.869. The predicted molar refractivity (Wildman–Crippen MR) is 73.2 cm³/mol. The van der Waals surface area contributed by atoms with Gasteiger partial charge in [-0.15, -0.1) is 0 Å². The number of aliphatic carboxylic acids is 1. The second-order valence-corrected chi connectivity index (χ2v) is 5.06. The zero-order chi connectivity index (χ0) is 14.5. The lowest BCUT2D eigenvalue weighted by atomic mass is 9.91. The van der Waals surface area contributed by atoms with E-state index in [9.17, 15) is 9.59 Å². The molecule has 1 heterocycles. The molecule has 1 N–H and O–H groups in total. The van der Waals surface area contributed by atoms with Crippen LogP contribution in [-0.4, -0.2) is 34.7 Å². The topological polar surface area (TPSA) is 66.8 Å². The van der Waals surface area contributed by atoms with Crippen LogP contribution in [0.25, 0.3) is 0 Å². The average molecular weight is 277 g/mol. The van der Waals surface area contributed by atoms with Crippen LogP contribution in [0.15, 0.2) is 30.3 Å². The Balaban J connectivity index is 1.93. The van der Waals surface area contributed by atoms with Crippen molar-refractivity contribution in [1.29, 1.82) is 0 Å². The van der Waals surface area contributed by atoms with Gasteiger partial charge in [-0.3, -0.25) is 4.79 Å². The van der Waals surface area contributed by atoms with Crippen LogP contribution in [0.3, 0.4) is 0 Å². The van der Waals surface area contributed by atoms with Crippen molar-refractivity contribution in [3.63, 3.8) is 0 Å². The molecule has 1 aromatic rings. The third-order valence-electron chi connectivity index (χ3n) is 3.74. The first-order valence-electron chi connectivity index (χ1n) is 6.79. The Morgan fingerprint density at radius 3 is 2.70 bits per heavy atom. The molecule has 5 nitrogen and oxygen atoms in total. The number of ether oxygens (including phenoxy) is 1. The lowest BCUT2D eigenvalue weighted by Crippen LogP contribution is -2.49. The fraction of sp³-hybridized carbons (Fsp3) is 0.467. The zero-order valence-electron chi connectivity index (χ0n) is 11.5. The first-order chi connectivity index (χ1) is 9.59. The van der Waals surface area contributed by atoms with Gasteiger partial charge in [0.1, 0.15) is 6.61 Å². The second kappa shape index (κ2) is 6.41. The van der Waals surface area contributed by atoms with Crippen molar-refractivity contribution < 1.29 is 19.4 Å². The first-order valence-corrected chi connectivity index (χ1v) is 6.79. The molecule has 0 bridgehead atoms. The molecule has 1 fully saturated rings. The van der Waals surface area contributed by atoms with Crippen molar-refractivity contribution in [2.45, 2.75) is 32.4 Å². The Hall–Kier alpha value is -2.04. The minimum Gasteiger partial charge on any atom is -0.481 e. The third-order valence-corrected chi connectivity index (χ3v) is 3.74. The summed E-state index contributed by atoms with van der Waals surface area (Å²) in [7, 11) is 0. The highest BCUT2D eigenvalue weighted by atomic mass is 16.6. The van der Waals surface area contributed by atoms with E-state index in [2.05, 4.69) is 0 Å². The molecular formula is C15H19NO4. The summed E-state index contributed by atoms with van der Waals surface area (Å²) < 4.78 is 5.26. The van der Waals surface area contributed by atoms with E-state index in [1.807, 2.05) is 30.3 Å². The molecule has 1 amide bonds. The van der Waals surface area contributed by atoms with E-state index in [-0.39, 0.29) is 12.6 Å². The van der Waals surface area contributed by atoms with Crippen molar-refractivity contribution in [2.75, 3.05) is 6.54 Å². The normalized spacial score (nSPS) is 22.4. The lowest BCUT2D eigenvalue weighted by Gasteiger charge is -2.36. The van der Waals surface area contributed by atoms with Crippen LogP contribution in [0.2, 0.25) is 0 Å². The number of piperidine rings is 1. The number of likely N-dealkylation sites (tertiary alicyclic amines) is 1. The number of carbonyl (C=O) groups excluding carboxylic acids is 1. The van der Waals surface area contributed by atoms with Gasteiger partial charge in [0.05, 0.1) is 5.92 Å². The molecule has 1 aliphatic rings. The molecule has 5 heteroatoms. The van der Waals surface area contributed by atoms with E-state index < -0.39 is 18.0 Å². The van der Waals surface area contributed by atoms with Crippen LogP contribution in [0.4, 0.5) is 4.79 Å². The highest BCUT2D eigenvalue weighted by Crippen LogP contribution is 2.24. The molecule has 2 rings (SSSR count). The Morgan fingerprint density at radius 1 is 1.35 bits per heavy atom. The molecule has 0 aromatic heterocycles. The summed E-state index contributed by atoms with van der Waals surface area (Å²) in [5.41, 5.74) is 0.917. The van der Waals surface area contributed by atoms with E-state index in [1.54, 1.807) is 6.92 Å². The van der Waals surface area contributed by atoms with Crippen molar-refractivity contribution in [3.05, 3.63) is 35.9 Å². The van der Waals surface area contributed by atoms with Crippen LogP contribution < -0.4 is 0 Å². The summed E-state index contributed by atoms with van der Waals surface area (Å²) in [6.45, 7) is 2.53. The average Bonchev–Trinajstić information content (AvgIpc) is 2.46. The van der Waals surface area contributed by atoms with Gasteiger partial charge in [0.25, 0.3) is 0 Å². The van der Waals surface area contributed by atoms with E-state index in [0.29, 0.717) is 19.4 Å². The van der Waals surface area contributed by atoms with Crippen molar-refractivity contribution in [3.8, 4) is 0 Å². The first kappa shape index (κ1) is 14.4. The second-order valence-electron chi connectivity index (χ2n) is 5.06. The molecule has 0 spiro atoms. The lowest BCUT2D eigenvalue weighted by molar-refractivity contribution is -0.145. The summed E-state index contributed by atoms with van der Waals surface area (Å²) in [5.74, 6) is -1.36. The van der Waals surface area contributed by atoms with Gasteiger partial charge in [0.15, 0.2) is 0 Å². The Morgan fingerprint density at radius 2 is 2.05 bits per heavy atom. The summed E-state index contributed by atoms with van der Waals surface area (Å²) in [5, 5.41) is 9.14. The molecular weight excluding hydrogens is 258 g/mol. The minimum absolute atomic E-state index is 0.209. The standard InChI is InChI=1S/C15H19NO4/c1-11-13(14(17)18)8-5-9-16(11)15(19)20-10-12-6-3-2-4-7-12/h2-4,6-7,11,13H,5,8-10H2,1H3,(H,17,18)/t11-,13-/m1/s1. The van der Waals surface area contributed by atoms with Crippen LogP contribution in [0, 0.1) is 5.92 Å². The van der Waals surface area contributed by atoms with Crippen molar-refractivity contribution in [2.24, 2.45) is 5.92 Å². The molecule has 1 aliphatic heterocycles. The number of amides is 1. The van der Waals surface area contributed by atoms with E-state index in [1.165, 1.54) is 4.90 Å². The molecule has 1 aromatic carbocycles. The van der Waals surface area contributed by atoms with Gasteiger partial charge < -0.3 is 14.7 Å². The maximum atomic E-state index is 12.1. The molecule has 0 radical (unpaired) electrons. The summed E-state index contributed by atoms with van der Waals surface area (Å²) >= 11 is 0. The monoisotopic (exact) mass is 277 g/mol. The molecule has 2 atom stereocenters. The fourth-order valence-corrected chi connectivity index (χ4v) is 2.53. The van der Waals surface area contributed by atoms with Gasteiger partial charge in [0.2, 0.25) is 0 Å². The SMILES string of the molecule is C[C@@H]1[C@H](C(=O)O)CCCN1C(=O)OCc1ccccc1. The maximum absolute atomic E-state index is 12.1. The number of nitrogens with zero attached hydrogens (tertiary/aromatic N) is 1. The van der Waals surface area contributed by atoms with Gasteiger partial charge in [-0.05, 0) is 25.3 Å². The smallest absolute Gasteiger partial charge is 0.410 e. The van der Waals surface area contributed by atoms with E-state index in [0.717, 1.165) is 5.56 Å². The Kier molecular flexibility index (Phi) is 4.61. The molecule has 0 saturated carbocycles. The van der Waals surface area contributed by atoms with Gasteiger partial charge in [0, 0.05) is 12.6 Å². The number of hydrogen-bond donors (Lipinski definition) is 1. The quantitative estimate of drug-likeness (QED) is 0.921. The van der Waals surface area contributed by atoms with Crippen molar-refractivity contribution >= 4 is 12.1 Å². The van der Waals surface area contributed by atoms with E-state index in [4.69, 9.17) is 9.84 Å². The van der Waals surface area contributed by atoms with Crippen LogP contribution in [-0.2, 0) is 16.1 Å². The minimum atomic E-state index is -0.849. The van der Waals surface area contributed by atoms with Crippen LogP contribution >= 0.6 is 0 Å². The molecule has 1 saturated heterocycles. The molecule has 0 unspecified atom stereocenters. The van der Waals surface area contributed by atoms with Crippen molar-refractivity contribution in [1.82, 2.24) is 4.90 Å². The maximum Gasteiger partial charge on any atom is 0.410 e. The van der Waals surface area contributed by atoms with E-state index >= 15 is 0 Å². The Bertz CT molecular complexity index is 474. The highest BCUT2D eigenvalue weighted by molar-refractivity contribution is 5.74. The van der Waals surface area contributed by atoms with Gasteiger partial charge in [-0.25, -0.2) is 4.79 Å².